The number of likely N-dealkylation sites (N-methyl/N-ethyl adjacent to an activating group) is 1. The molecular formula is C18H33ClN2O2. The monoisotopic (exact) mass is 344 g/mol. The molecule has 0 aliphatic heterocycles. The molecule has 2 aliphatic rings. The maximum absolute atomic E-state index is 12.8. The highest BCUT2D eigenvalue weighted by Gasteiger charge is 2.66. The summed E-state index contributed by atoms with van der Waals surface area (Å²) in [6, 6.07) is -0.413. The lowest BCUT2D eigenvalue weighted by Crippen LogP contribution is -2.53. The van der Waals surface area contributed by atoms with Gasteiger partial charge in [-0.1, -0.05) is 41.5 Å². The lowest BCUT2D eigenvalue weighted by atomic mass is 9.70. The van der Waals surface area contributed by atoms with Crippen LogP contribution in [0.5, 0.6) is 0 Å². The zero-order valence-electron chi connectivity index (χ0n) is 15.4. The van der Waals surface area contributed by atoms with Crippen LogP contribution in [0.4, 0.5) is 0 Å². The van der Waals surface area contributed by atoms with Crippen LogP contribution >= 0.6 is 12.4 Å². The summed E-state index contributed by atoms with van der Waals surface area (Å²) in [5.74, 6) is 0.552. The highest BCUT2D eigenvalue weighted by atomic mass is 35.5. The average Bonchev–Trinajstić information content (AvgIpc) is 2.78. The number of Topliss-reactive ketones (excluding diaryl/α,β-unsaturated/α-hetero) is 1. The number of rotatable bonds is 6. The second kappa shape index (κ2) is 7.10. The van der Waals surface area contributed by atoms with Gasteiger partial charge in [0.15, 0.2) is 5.78 Å². The number of nitrogens with one attached hydrogen (secondary N) is 1. The molecule has 2 saturated carbocycles. The van der Waals surface area contributed by atoms with Crippen molar-refractivity contribution in [2.45, 2.75) is 72.9 Å². The van der Waals surface area contributed by atoms with Gasteiger partial charge in [0.05, 0.1) is 12.1 Å². The predicted molar refractivity (Wildman–Crippen MR) is 95.8 cm³/mol. The first kappa shape index (κ1) is 20.4. The van der Waals surface area contributed by atoms with Crippen molar-refractivity contribution in [2.24, 2.45) is 16.7 Å². The summed E-state index contributed by atoms with van der Waals surface area (Å²) in [5, 5.41) is 3.11. The van der Waals surface area contributed by atoms with E-state index in [0.717, 1.165) is 32.4 Å². The average molecular weight is 345 g/mol. The number of hydrogen-bond acceptors (Lipinski definition) is 3. The lowest BCUT2D eigenvalue weighted by Gasteiger charge is -2.32. The molecule has 4 atom stereocenters. The Morgan fingerprint density at radius 2 is 1.83 bits per heavy atom. The van der Waals surface area contributed by atoms with E-state index in [-0.39, 0.29) is 52.9 Å². The van der Waals surface area contributed by atoms with Crippen molar-refractivity contribution < 1.29 is 9.59 Å². The van der Waals surface area contributed by atoms with Crippen LogP contribution in [0.3, 0.4) is 0 Å². The molecule has 0 heterocycles. The van der Waals surface area contributed by atoms with Gasteiger partial charge in [-0.25, -0.2) is 0 Å². The minimum atomic E-state index is -0.286. The maximum atomic E-state index is 12.8. The van der Waals surface area contributed by atoms with Crippen molar-refractivity contribution in [3.05, 3.63) is 0 Å². The Hall–Kier alpha value is -0.610. The molecule has 5 heteroatoms. The van der Waals surface area contributed by atoms with Gasteiger partial charge < -0.3 is 5.32 Å². The van der Waals surface area contributed by atoms with Crippen molar-refractivity contribution in [3.8, 4) is 0 Å². The highest BCUT2D eigenvalue weighted by Crippen LogP contribution is 2.63. The van der Waals surface area contributed by atoms with Crippen molar-refractivity contribution in [3.63, 3.8) is 0 Å². The van der Waals surface area contributed by atoms with Crippen LogP contribution < -0.4 is 5.32 Å². The number of nitrogens with zero attached hydrogens (tertiary/aromatic N) is 1. The Morgan fingerprint density at radius 3 is 2.22 bits per heavy atom. The van der Waals surface area contributed by atoms with Crippen LogP contribution in [0, 0.1) is 16.7 Å². The fourth-order valence-corrected chi connectivity index (χ4v) is 4.78. The Morgan fingerprint density at radius 1 is 1.26 bits per heavy atom. The summed E-state index contributed by atoms with van der Waals surface area (Å²) in [7, 11) is 0. The van der Waals surface area contributed by atoms with Gasteiger partial charge in [-0.15, -0.1) is 12.4 Å². The Bertz CT molecular complexity index is 462. The molecule has 2 fully saturated rings. The highest BCUT2D eigenvalue weighted by molar-refractivity contribution is 5.97. The van der Waals surface area contributed by atoms with Crippen LogP contribution in [0.25, 0.3) is 0 Å². The summed E-state index contributed by atoms with van der Waals surface area (Å²) in [5.41, 5.74) is -0.286. The third-order valence-corrected chi connectivity index (χ3v) is 6.77. The topological polar surface area (TPSA) is 49.4 Å². The molecule has 4 unspecified atom stereocenters. The van der Waals surface area contributed by atoms with E-state index >= 15 is 0 Å². The quantitative estimate of drug-likeness (QED) is 0.805. The van der Waals surface area contributed by atoms with E-state index in [1.54, 1.807) is 0 Å². The summed E-state index contributed by atoms with van der Waals surface area (Å²) in [6.07, 6.45) is 2.78. The Kier molecular flexibility index (Phi) is 6.31. The number of amides is 1. The van der Waals surface area contributed by atoms with Gasteiger partial charge in [0, 0.05) is 5.41 Å². The summed E-state index contributed by atoms with van der Waals surface area (Å²) in [4.78, 5) is 27.7. The van der Waals surface area contributed by atoms with Crippen LogP contribution in [-0.2, 0) is 9.59 Å². The maximum Gasteiger partial charge on any atom is 0.237 e. The van der Waals surface area contributed by atoms with E-state index in [2.05, 4.69) is 44.8 Å². The first-order chi connectivity index (χ1) is 10.2. The van der Waals surface area contributed by atoms with Crippen molar-refractivity contribution >= 4 is 24.1 Å². The molecule has 0 aromatic heterocycles. The fraction of sp³-hybridized carbons (Fsp3) is 0.889. The van der Waals surface area contributed by atoms with Gasteiger partial charge in [0.25, 0.3) is 0 Å². The number of hydrogen-bond donors (Lipinski definition) is 1. The Labute approximate surface area is 147 Å². The van der Waals surface area contributed by atoms with Crippen LogP contribution in [0.1, 0.15) is 60.8 Å². The van der Waals surface area contributed by atoms with Crippen LogP contribution in [0.15, 0.2) is 0 Å². The first-order valence-corrected chi connectivity index (χ1v) is 8.83. The predicted octanol–water partition coefficient (Wildman–Crippen LogP) is 3.04. The first-order valence-electron chi connectivity index (χ1n) is 8.83. The van der Waals surface area contributed by atoms with Crippen LogP contribution in [0.2, 0.25) is 0 Å². The molecule has 0 spiro atoms. The molecule has 134 valence electrons. The van der Waals surface area contributed by atoms with Crippen molar-refractivity contribution in [1.29, 1.82) is 0 Å². The molecule has 23 heavy (non-hydrogen) atoms. The third kappa shape index (κ3) is 2.93. The molecular weight excluding hydrogens is 312 g/mol. The van der Waals surface area contributed by atoms with Gasteiger partial charge in [-0.3, -0.25) is 14.5 Å². The van der Waals surface area contributed by atoms with E-state index < -0.39 is 0 Å². The van der Waals surface area contributed by atoms with Gasteiger partial charge >= 0.3 is 0 Å². The largest absolute Gasteiger partial charge is 0.345 e. The normalized spacial score (nSPS) is 32.7. The van der Waals surface area contributed by atoms with Crippen LogP contribution in [-0.4, -0.2) is 41.8 Å². The molecule has 4 nitrogen and oxygen atoms in total. The summed E-state index contributed by atoms with van der Waals surface area (Å²) in [6.45, 7) is 14.4. The minimum Gasteiger partial charge on any atom is -0.345 e. The fourth-order valence-electron chi connectivity index (χ4n) is 4.78. The molecule has 1 N–H and O–H groups in total. The van der Waals surface area contributed by atoms with E-state index in [0.29, 0.717) is 0 Å². The van der Waals surface area contributed by atoms with Crippen molar-refractivity contribution in [1.82, 2.24) is 10.2 Å². The van der Waals surface area contributed by atoms with Gasteiger partial charge in [-0.05, 0) is 43.7 Å². The van der Waals surface area contributed by atoms with Gasteiger partial charge in [-0.2, -0.15) is 0 Å². The smallest absolute Gasteiger partial charge is 0.237 e. The number of carbonyl (C=O) groups is 2. The summed E-state index contributed by atoms with van der Waals surface area (Å²) >= 11 is 0. The summed E-state index contributed by atoms with van der Waals surface area (Å²) < 4.78 is 0. The zero-order chi connectivity index (χ0) is 16.7. The zero-order valence-corrected chi connectivity index (χ0v) is 16.3. The third-order valence-electron chi connectivity index (χ3n) is 6.77. The van der Waals surface area contributed by atoms with E-state index in [1.807, 2.05) is 6.92 Å². The molecule has 2 rings (SSSR count). The molecule has 1 amide bonds. The molecule has 0 saturated heterocycles. The Balaban J connectivity index is 0.00000264. The van der Waals surface area contributed by atoms with E-state index in [1.165, 1.54) is 0 Å². The molecule has 2 aliphatic carbocycles. The van der Waals surface area contributed by atoms with E-state index in [9.17, 15) is 9.59 Å². The van der Waals surface area contributed by atoms with Gasteiger partial charge in [0.2, 0.25) is 5.91 Å². The number of fused-ring (bicyclic) bond motifs is 2. The number of carbonyl (C=O) groups excluding carboxylic acids is 2. The standard InChI is InChI=1S/C18H32N2O2.ClH/c1-7-13(20(8-2)9-3)16(22)19-14-12-10-11-18(6,15(14)21)17(12,4)5;/h12-14H,7-11H2,1-6H3,(H,19,22);1H. The second-order valence-corrected chi connectivity index (χ2v) is 7.69. The lowest BCUT2D eigenvalue weighted by molar-refractivity contribution is -0.135. The van der Waals surface area contributed by atoms with Crippen molar-refractivity contribution in [2.75, 3.05) is 13.1 Å². The van der Waals surface area contributed by atoms with Gasteiger partial charge in [0.1, 0.15) is 0 Å². The van der Waals surface area contributed by atoms with E-state index in [4.69, 9.17) is 0 Å². The molecule has 0 aromatic carbocycles. The molecule has 0 aromatic rings. The second-order valence-electron chi connectivity index (χ2n) is 7.69. The SMILES string of the molecule is CCC(C(=O)NC1C(=O)C2(C)CCC1C2(C)C)N(CC)CC.Cl. The number of halogens is 1. The number of ketones is 1. The molecule has 2 bridgehead atoms. The molecule has 0 radical (unpaired) electrons. The minimum absolute atomic E-state index is 0.